The maximum atomic E-state index is 12.7. The first kappa shape index (κ1) is 19.0. The lowest BCUT2D eigenvalue weighted by Gasteiger charge is -2.26. The van der Waals surface area contributed by atoms with Gasteiger partial charge in [-0.05, 0) is 56.4 Å². The van der Waals surface area contributed by atoms with Crippen molar-refractivity contribution in [2.45, 2.75) is 45.7 Å². The number of anilines is 1. The topological polar surface area (TPSA) is 103 Å². The summed E-state index contributed by atoms with van der Waals surface area (Å²) >= 11 is 0. The van der Waals surface area contributed by atoms with Crippen molar-refractivity contribution in [1.82, 2.24) is 15.1 Å². The quantitative estimate of drug-likeness (QED) is 0.711. The average molecular weight is 392 g/mol. The second kappa shape index (κ2) is 7.58. The maximum Gasteiger partial charge on any atom is 0.290 e. The highest BCUT2D eigenvalue weighted by Crippen LogP contribution is 2.29. The van der Waals surface area contributed by atoms with Crippen LogP contribution in [0.3, 0.4) is 0 Å². The van der Waals surface area contributed by atoms with Crippen LogP contribution in [0.15, 0.2) is 45.6 Å². The molecule has 0 spiro atoms. The van der Waals surface area contributed by atoms with Crippen molar-refractivity contribution in [3.8, 4) is 11.3 Å². The molecule has 3 aromatic rings. The van der Waals surface area contributed by atoms with Gasteiger partial charge in [0.1, 0.15) is 23.8 Å². The Balaban J connectivity index is 1.57. The van der Waals surface area contributed by atoms with E-state index in [2.05, 4.69) is 16.5 Å². The fourth-order valence-electron chi connectivity index (χ4n) is 3.97. The van der Waals surface area contributed by atoms with E-state index in [0.717, 1.165) is 40.8 Å². The molecule has 1 unspecified atom stereocenters. The van der Waals surface area contributed by atoms with Gasteiger partial charge in [0, 0.05) is 5.56 Å². The molecule has 0 aliphatic heterocycles. The van der Waals surface area contributed by atoms with E-state index in [1.165, 1.54) is 11.6 Å². The summed E-state index contributed by atoms with van der Waals surface area (Å²) in [7, 11) is 0. The molecule has 0 fully saturated rings. The summed E-state index contributed by atoms with van der Waals surface area (Å²) in [5, 5.41) is 7.41. The van der Waals surface area contributed by atoms with Gasteiger partial charge in [-0.1, -0.05) is 24.3 Å². The maximum absolute atomic E-state index is 12.7. The number of carbonyl (C=O) groups excluding carboxylic acids is 1. The number of rotatable bonds is 4. The van der Waals surface area contributed by atoms with Gasteiger partial charge in [-0.25, -0.2) is 4.68 Å². The molecular formula is C22H24N4O3. The molecule has 3 N–H and O–H groups in total. The number of benzene rings is 1. The molecule has 7 nitrogen and oxygen atoms in total. The van der Waals surface area contributed by atoms with E-state index in [-0.39, 0.29) is 24.2 Å². The summed E-state index contributed by atoms with van der Waals surface area (Å²) in [5.74, 6) is 1.16. The summed E-state index contributed by atoms with van der Waals surface area (Å²) < 4.78 is 6.67. The first-order valence-corrected chi connectivity index (χ1v) is 9.74. The van der Waals surface area contributed by atoms with Gasteiger partial charge >= 0.3 is 0 Å². The molecule has 1 aliphatic carbocycles. The molecule has 1 aromatic carbocycles. The van der Waals surface area contributed by atoms with Crippen LogP contribution in [0.25, 0.3) is 11.3 Å². The standard InChI is InChI=1S/C22H24N4O3/c1-13-10-17(14(2)29-13)20-11-18(23)22(28)26(25-20)12-21(27)24-19-9-5-7-15-6-3-4-8-16(15)19/h3-4,6,8,10-11,19H,5,7,9,12,23H2,1-2H3,(H,24,27). The van der Waals surface area contributed by atoms with Gasteiger partial charge < -0.3 is 15.5 Å². The molecular weight excluding hydrogens is 368 g/mol. The molecule has 0 bridgehead atoms. The lowest BCUT2D eigenvalue weighted by molar-refractivity contribution is -0.122. The molecule has 150 valence electrons. The number of nitrogens with zero attached hydrogens (tertiary/aromatic N) is 2. The third-order valence-electron chi connectivity index (χ3n) is 5.32. The van der Waals surface area contributed by atoms with Crippen molar-refractivity contribution >= 4 is 11.6 Å². The van der Waals surface area contributed by atoms with E-state index < -0.39 is 5.56 Å². The van der Waals surface area contributed by atoms with Gasteiger partial charge in [-0.3, -0.25) is 9.59 Å². The van der Waals surface area contributed by atoms with Crippen LogP contribution in [-0.2, 0) is 17.8 Å². The van der Waals surface area contributed by atoms with Gasteiger partial charge in [-0.15, -0.1) is 0 Å². The van der Waals surface area contributed by atoms with E-state index in [9.17, 15) is 9.59 Å². The van der Waals surface area contributed by atoms with Crippen LogP contribution in [-0.4, -0.2) is 15.7 Å². The zero-order valence-corrected chi connectivity index (χ0v) is 16.6. The lowest BCUT2D eigenvalue weighted by Crippen LogP contribution is -2.37. The number of nitrogen functional groups attached to an aromatic ring is 1. The molecule has 7 heteroatoms. The van der Waals surface area contributed by atoms with Gasteiger partial charge in [0.05, 0.1) is 11.7 Å². The number of hydrogen-bond acceptors (Lipinski definition) is 5. The Kier molecular flexibility index (Phi) is 4.96. The summed E-state index contributed by atoms with van der Waals surface area (Å²) in [5.41, 5.74) is 9.13. The molecule has 0 saturated heterocycles. The number of nitrogens with two attached hydrogens (primary N) is 1. The fourth-order valence-corrected chi connectivity index (χ4v) is 3.97. The van der Waals surface area contributed by atoms with Gasteiger partial charge in [0.25, 0.3) is 5.56 Å². The largest absolute Gasteiger partial charge is 0.466 e. The Morgan fingerprint density at radius 3 is 2.86 bits per heavy atom. The van der Waals surface area contributed by atoms with Crippen molar-refractivity contribution < 1.29 is 9.21 Å². The number of fused-ring (bicyclic) bond motifs is 1. The van der Waals surface area contributed by atoms with Crippen molar-refractivity contribution in [2.75, 3.05) is 5.73 Å². The number of carbonyl (C=O) groups is 1. The molecule has 1 atom stereocenters. The molecule has 1 aliphatic rings. The fraction of sp³-hybridized carbons (Fsp3) is 0.318. The Labute approximate surface area is 168 Å². The highest BCUT2D eigenvalue weighted by atomic mass is 16.3. The van der Waals surface area contributed by atoms with Crippen LogP contribution in [0, 0.1) is 13.8 Å². The zero-order chi connectivity index (χ0) is 20.5. The number of furan rings is 1. The van der Waals surface area contributed by atoms with Crippen LogP contribution < -0.4 is 16.6 Å². The Bertz CT molecular complexity index is 1130. The lowest BCUT2D eigenvalue weighted by atomic mass is 9.88. The molecule has 0 saturated carbocycles. The normalized spacial score (nSPS) is 15.7. The second-order valence-electron chi connectivity index (χ2n) is 7.49. The van der Waals surface area contributed by atoms with Gasteiger partial charge in [0.2, 0.25) is 5.91 Å². The van der Waals surface area contributed by atoms with E-state index in [1.807, 2.05) is 38.1 Å². The predicted molar refractivity (Wildman–Crippen MR) is 110 cm³/mol. The van der Waals surface area contributed by atoms with E-state index in [1.54, 1.807) is 0 Å². The summed E-state index contributed by atoms with van der Waals surface area (Å²) in [4.78, 5) is 25.1. The first-order valence-electron chi connectivity index (χ1n) is 9.74. The number of aryl methyl sites for hydroxylation is 3. The minimum atomic E-state index is -0.481. The van der Waals surface area contributed by atoms with Gasteiger partial charge in [0.15, 0.2) is 0 Å². The Morgan fingerprint density at radius 1 is 1.31 bits per heavy atom. The summed E-state index contributed by atoms with van der Waals surface area (Å²) in [6.45, 7) is 3.47. The van der Waals surface area contributed by atoms with Crippen molar-refractivity contribution in [2.24, 2.45) is 0 Å². The number of nitrogens with one attached hydrogen (secondary N) is 1. The molecule has 0 radical (unpaired) electrons. The van der Waals surface area contributed by atoms with Crippen molar-refractivity contribution in [3.05, 3.63) is 69.4 Å². The number of hydrogen-bond donors (Lipinski definition) is 2. The molecule has 4 rings (SSSR count). The minimum Gasteiger partial charge on any atom is -0.466 e. The average Bonchev–Trinajstić information content (AvgIpc) is 3.03. The van der Waals surface area contributed by atoms with Crippen LogP contribution in [0.5, 0.6) is 0 Å². The monoisotopic (exact) mass is 392 g/mol. The Hall–Kier alpha value is -3.35. The molecule has 1 amide bonds. The zero-order valence-electron chi connectivity index (χ0n) is 16.6. The van der Waals surface area contributed by atoms with Crippen LogP contribution in [0.4, 0.5) is 5.69 Å². The van der Waals surface area contributed by atoms with Crippen LogP contribution in [0.2, 0.25) is 0 Å². The van der Waals surface area contributed by atoms with Gasteiger partial charge in [-0.2, -0.15) is 5.10 Å². The van der Waals surface area contributed by atoms with Crippen molar-refractivity contribution in [1.29, 1.82) is 0 Å². The first-order chi connectivity index (χ1) is 13.9. The molecule has 29 heavy (non-hydrogen) atoms. The van der Waals surface area contributed by atoms with E-state index >= 15 is 0 Å². The minimum absolute atomic E-state index is 0.0454. The summed E-state index contributed by atoms with van der Waals surface area (Å²) in [6.07, 6.45) is 2.91. The highest BCUT2D eigenvalue weighted by Gasteiger charge is 2.22. The molecule has 2 heterocycles. The van der Waals surface area contributed by atoms with Crippen LogP contribution in [0.1, 0.15) is 41.5 Å². The van der Waals surface area contributed by atoms with Crippen molar-refractivity contribution in [3.63, 3.8) is 0 Å². The van der Waals surface area contributed by atoms with Crippen LogP contribution >= 0.6 is 0 Å². The SMILES string of the molecule is Cc1cc(-c2cc(N)c(=O)n(CC(=O)NC3CCCc4ccccc43)n2)c(C)o1. The third kappa shape index (κ3) is 3.81. The number of aromatic nitrogens is 2. The Morgan fingerprint density at radius 2 is 2.10 bits per heavy atom. The number of amides is 1. The van der Waals surface area contributed by atoms with E-state index in [0.29, 0.717) is 11.5 Å². The predicted octanol–water partition coefficient (Wildman–Crippen LogP) is 2.90. The summed E-state index contributed by atoms with van der Waals surface area (Å²) in [6, 6.07) is 11.4. The smallest absolute Gasteiger partial charge is 0.290 e. The third-order valence-corrected chi connectivity index (χ3v) is 5.32. The van der Waals surface area contributed by atoms with E-state index in [4.69, 9.17) is 10.2 Å². The molecule has 2 aromatic heterocycles. The highest BCUT2D eigenvalue weighted by molar-refractivity contribution is 5.76. The second-order valence-corrected chi connectivity index (χ2v) is 7.49.